The van der Waals surface area contributed by atoms with Gasteiger partial charge in [0.15, 0.2) is 5.78 Å². The van der Waals surface area contributed by atoms with E-state index in [-0.39, 0.29) is 5.78 Å². The summed E-state index contributed by atoms with van der Waals surface area (Å²) in [6.07, 6.45) is 0.305. The monoisotopic (exact) mass is 293 g/mol. The lowest BCUT2D eigenvalue weighted by atomic mass is 10.0. The number of hydrogen-bond acceptors (Lipinski definition) is 2. The van der Waals surface area contributed by atoms with E-state index in [1.54, 1.807) is 24.3 Å². The number of halogens is 2. The van der Waals surface area contributed by atoms with Crippen LogP contribution in [0.3, 0.4) is 0 Å². The minimum atomic E-state index is 0.0481. The van der Waals surface area contributed by atoms with E-state index in [2.05, 4.69) is 4.98 Å². The second kappa shape index (κ2) is 5.72. The molecular weight excluding hydrogens is 281 g/mol. The summed E-state index contributed by atoms with van der Waals surface area (Å²) >= 11 is 11.8. The number of pyridine rings is 1. The molecule has 98 valence electrons. The highest BCUT2D eigenvalue weighted by Gasteiger charge is 2.10. The van der Waals surface area contributed by atoms with E-state index in [1.165, 1.54) is 0 Å². The van der Waals surface area contributed by atoms with Crippen LogP contribution in [0.15, 0.2) is 30.3 Å². The lowest BCUT2D eigenvalue weighted by Crippen LogP contribution is -2.05. The second-order valence-electron chi connectivity index (χ2n) is 4.49. The fourth-order valence-corrected chi connectivity index (χ4v) is 2.25. The zero-order valence-electron chi connectivity index (χ0n) is 10.7. The standard InChI is InChI=1S/C15H13Cl2NO/c1-9-5-12(6-10(2)18-9)15(19)8-11-3-4-13(16)14(17)7-11/h3-7H,8H2,1-2H3. The van der Waals surface area contributed by atoms with Gasteiger partial charge in [0.1, 0.15) is 0 Å². The third kappa shape index (κ3) is 3.55. The Hall–Kier alpha value is -1.38. The molecule has 0 atom stereocenters. The van der Waals surface area contributed by atoms with Gasteiger partial charge in [0.05, 0.1) is 10.0 Å². The average molecular weight is 294 g/mol. The topological polar surface area (TPSA) is 30.0 Å². The molecule has 0 aliphatic rings. The van der Waals surface area contributed by atoms with Crippen LogP contribution in [0.25, 0.3) is 0 Å². The molecule has 1 aromatic heterocycles. The molecule has 1 aromatic carbocycles. The van der Waals surface area contributed by atoms with E-state index >= 15 is 0 Å². The van der Waals surface area contributed by atoms with Crippen LogP contribution in [0.2, 0.25) is 10.0 Å². The van der Waals surface area contributed by atoms with Crippen molar-refractivity contribution in [2.45, 2.75) is 20.3 Å². The molecular formula is C15H13Cl2NO. The highest BCUT2D eigenvalue weighted by atomic mass is 35.5. The summed E-state index contributed by atoms with van der Waals surface area (Å²) in [6, 6.07) is 8.84. The average Bonchev–Trinajstić information content (AvgIpc) is 2.32. The largest absolute Gasteiger partial charge is 0.294 e. The van der Waals surface area contributed by atoms with E-state index in [1.807, 2.05) is 19.9 Å². The van der Waals surface area contributed by atoms with Crippen LogP contribution in [0.1, 0.15) is 27.3 Å². The van der Waals surface area contributed by atoms with Gasteiger partial charge in [-0.05, 0) is 43.7 Å². The molecule has 0 spiro atoms. The summed E-state index contributed by atoms with van der Waals surface area (Å²) in [5.74, 6) is 0.0481. The molecule has 0 saturated heterocycles. The first kappa shape index (κ1) is 14.0. The number of aryl methyl sites for hydroxylation is 2. The van der Waals surface area contributed by atoms with Crippen LogP contribution in [0.5, 0.6) is 0 Å². The van der Waals surface area contributed by atoms with Crippen LogP contribution in [0, 0.1) is 13.8 Å². The van der Waals surface area contributed by atoms with Crippen LogP contribution in [-0.4, -0.2) is 10.8 Å². The van der Waals surface area contributed by atoms with E-state index in [0.29, 0.717) is 22.0 Å². The highest BCUT2D eigenvalue weighted by Crippen LogP contribution is 2.23. The molecule has 2 nitrogen and oxygen atoms in total. The van der Waals surface area contributed by atoms with E-state index in [4.69, 9.17) is 23.2 Å². The highest BCUT2D eigenvalue weighted by molar-refractivity contribution is 6.42. The smallest absolute Gasteiger partial charge is 0.167 e. The summed E-state index contributed by atoms with van der Waals surface area (Å²) < 4.78 is 0. The summed E-state index contributed by atoms with van der Waals surface area (Å²) in [5, 5.41) is 0.961. The SMILES string of the molecule is Cc1cc(C(=O)Cc2ccc(Cl)c(Cl)c2)cc(C)n1. The fraction of sp³-hybridized carbons (Fsp3) is 0.200. The molecule has 0 bridgehead atoms. The summed E-state index contributed by atoms with van der Waals surface area (Å²) in [6.45, 7) is 3.76. The van der Waals surface area contributed by atoms with E-state index in [9.17, 15) is 4.79 Å². The fourth-order valence-electron chi connectivity index (χ4n) is 1.93. The molecule has 0 unspecified atom stereocenters. The third-order valence-corrected chi connectivity index (χ3v) is 3.49. The Morgan fingerprint density at radius 1 is 1.05 bits per heavy atom. The Morgan fingerprint density at radius 2 is 1.68 bits per heavy atom. The second-order valence-corrected chi connectivity index (χ2v) is 5.30. The van der Waals surface area contributed by atoms with Gasteiger partial charge in [-0.3, -0.25) is 9.78 Å². The molecule has 2 rings (SSSR count). The first-order valence-electron chi connectivity index (χ1n) is 5.88. The van der Waals surface area contributed by atoms with Gasteiger partial charge < -0.3 is 0 Å². The maximum absolute atomic E-state index is 12.2. The van der Waals surface area contributed by atoms with Crippen LogP contribution < -0.4 is 0 Å². The quantitative estimate of drug-likeness (QED) is 0.784. The van der Waals surface area contributed by atoms with Crippen molar-refractivity contribution in [2.75, 3.05) is 0 Å². The molecule has 0 fully saturated rings. The number of hydrogen-bond donors (Lipinski definition) is 0. The number of Topliss-reactive ketones (excluding diaryl/α,β-unsaturated/α-hetero) is 1. The summed E-state index contributed by atoms with van der Waals surface area (Å²) in [4.78, 5) is 16.5. The van der Waals surface area contributed by atoms with Gasteiger partial charge in [-0.25, -0.2) is 0 Å². The van der Waals surface area contributed by atoms with Gasteiger partial charge in [-0.2, -0.15) is 0 Å². The summed E-state index contributed by atoms with van der Waals surface area (Å²) in [7, 11) is 0. The first-order chi connectivity index (χ1) is 8.95. The van der Waals surface area contributed by atoms with Crippen molar-refractivity contribution in [2.24, 2.45) is 0 Å². The van der Waals surface area contributed by atoms with Gasteiger partial charge in [0.25, 0.3) is 0 Å². The van der Waals surface area contributed by atoms with Gasteiger partial charge in [-0.15, -0.1) is 0 Å². The third-order valence-electron chi connectivity index (χ3n) is 2.75. The predicted octanol–water partition coefficient (Wildman–Crippen LogP) is 4.43. The molecule has 0 radical (unpaired) electrons. The number of carbonyl (C=O) groups excluding carboxylic acids is 1. The predicted molar refractivity (Wildman–Crippen MR) is 78.2 cm³/mol. The minimum Gasteiger partial charge on any atom is -0.294 e. The van der Waals surface area contributed by atoms with Crippen molar-refractivity contribution in [3.63, 3.8) is 0 Å². The normalized spacial score (nSPS) is 10.5. The number of benzene rings is 1. The van der Waals surface area contributed by atoms with E-state index < -0.39 is 0 Å². The molecule has 0 aliphatic heterocycles. The van der Waals surface area contributed by atoms with Crippen LogP contribution in [0.4, 0.5) is 0 Å². The van der Waals surface area contributed by atoms with Gasteiger partial charge in [-0.1, -0.05) is 29.3 Å². The Kier molecular flexibility index (Phi) is 4.23. The number of aromatic nitrogens is 1. The number of ketones is 1. The Balaban J connectivity index is 2.22. The van der Waals surface area contributed by atoms with Crippen molar-refractivity contribution < 1.29 is 4.79 Å². The zero-order valence-corrected chi connectivity index (χ0v) is 12.2. The number of rotatable bonds is 3. The van der Waals surface area contributed by atoms with Crippen molar-refractivity contribution >= 4 is 29.0 Å². The lowest BCUT2D eigenvalue weighted by molar-refractivity contribution is 0.0992. The van der Waals surface area contributed by atoms with Gasteiger partial charge in [0.2, 0.25) is 0 Å². The van der Waals surface area contributed by atoms with Gasteiger partial charge >= 0.3 is 0 Å². The molecule has 19 heavy (non-hydrogen) atoms. The van der Waals surface area contributed by atoms with Gasteiger partial charge in [0, 0.05) is 23.4 Å². The molecule has 0 saturated carbocycles. The lowest BCUT2D eigenvalue weighted by Gasteiger charge is -2.05. The van der Waals surface area contributed by atoms with Crippen molar-refractivity contribution in [3.05, 3.63) is 62.9 Å². The number of nitrogens with zero attached hydrogens (tertiary/aromatic N) is 1. The molecule has 0 N–H and O–H groups in total. The van der Waals surface area contributed by atoms with Crippen molar-refractivity contribution in [1.82, 2.24) is 4.98 Å². The number of carbonyl (C=O) groups is 1. The molecule has 0 amide bonds. The summed E-state index contributed by atoms with van der Waals surface area (Å²) in [5.41, 5.74) is 3.22. The van der Waals surface area contributed by atoms with Crippen molar-refractivity contribution in [1.29, 1.82) is 0 Å². The molecule has 0 aliphatic carbocycles. The van der Waals surface area contributed by atoms with Crippen LogP contribution >= 0.6 is 23.2 Å². The minimum absolute atomic E-state index is 0.0481. The maximum Gasteiger partial charge on any atom is 0.167 e. The maximum atomic E-state index is 12.2. The zero-order chi connectivity index (χ0) is 14.0. The molecule has 4 heteroatoms. The Morgan fingerprint density at radius 3 is 2.26 bits per heavy atom. The van der Waals surface area contributed by atoms with Crippen molar-refractivity contribution in [3.8, 4) is 0 Å². The first-order valence-corrected chi connectivity index (χ1v) is 6.64. The molecule has 2 aromatic rings. The Labute approximate surface area is 122 Å². The van der Waals surface area contributed by atoms with Crippen LogP contribution in [-0.2, 0) is 6.42 Å². The van der Waals surface area contributed by atoms with E-state index in [0.717, 1.165) is 17.0 Å². The Bertz CT molecular complexity index is 618. The molecule has 1 heterocycles.